The van der Waals surface area contributed by atoms with Gasteiger partial charge in [-0.25, -0.2) is 9.18 Å². The van der Waals surface area contributed by atoms with Crippen molar-refractivity contribution in [2.24, 2.45) is 0 Å². The molecule has 170 valence electrons. The Morgan fingerprint density at radius 1 is 0.848 bits per heavy atom. The number of benzene rings is 3. The Labute approximate surface area is 191 Å². The quantitative estimate of drug-likeness (QED) is 0.574. The average molecular weight is 448 g/mol. The number of carbonyl (C=O) groups excluding carboxylic acids is 3. The molecule has 0 saturated heterocycles. The number of halogens is 1. The topological polar surface area (TPSA) is 81.8 Å². The molecular weight excluding hydrogens is 423 g/mol. The molecule has 0 unspecified atom stereocenters. The highest BCUT2D eigenvalue weighted by molar-refractivity contribution is 6.05. The normalized spacial score (nSPS) is 10.3. The van der Waals surface area contributed by atoms with Crippen LogP contribution in [0.1, 0.15) is 5.56 Å². The molecule has 3 aromatic carbocycles. The fourth-order valence-electron chi connectivity index (χ4n) is 3.15. The van der Waals surface area contributed by atoms with Crippen molar-refractivity contribution >= 4 is 34.9 Å². The lowest BCUT2D eigenvalue weighted by Crippen LogP contribution is -2.46. The van der Waals surface area contributed by atoms with E-state index < -0.39 is 23.7 Å². The van der Waals surface area contributed by atoms with Gasteiger partial charge in [-0.3, -0.25) is 9.59 Å². The Morgan fingerprint density at radius 2 is 1.55 bits per heavy atom. The minimum absolute atomic E-state index is 0.281. The number of amides is 4. The molecule has 3 aromatic rings. The van der Waals surface area contributed by atoms with E-state index in [-0.39, 0.29) is 13.1 Å². The first kappa shape index (κ1) is 23.5. The first-order chi connectivity index (χ1) is 15.8. The number of aryl methyl sites for hydroxylation is 1. The van der Waals surface area contributed by atoms with Crippen molar-refractivity contribution in [2.45, 2.75) is 6.92 Å². The maximum Gasteiger partial charge on any atom is 0.319 e. The van der Waals surface area contributed by atoms with Gasteiger partial charge in [0.2, 0.25) is 11.8 Å². The van der Waals surface area contributed by atoms with E-state index in [1.165, 1.54) is 35.0 Å². The second kappa shape index (κ2) is 10.9. The number of rotatable bonds is 7. The molecule has 4 amide bonds. The zero-order valence-corrected chi connectivity index (χ0v) is 18.4. The van der Waals surface area contributed by atoms with Gasteiger partial charge in [0.05, 0.1) is 6.54 Å². The van der Waals surface area contributed by atoms with Crippen molar-refractivity contribution in [3.8, 4) is 0 Å². The minimum atomic E-state index is -0.537. The van der Waals surface area contributed by atoms with E-state index in [0.29, 0.717) is 17.1 Å². The van der Waals surface area contributed by atoms with Gasteiger partial charge >= 0.3 is 6.03 Å². The van der Waals surface area contributed by atoms with E-state index in [9.17, 15) is 18.8 Å². The number of urea groups is 1. The molecule has 0 radical (unpaired) electrons. The van der Waals surface area contributed by atoms with Crippen LogP contribution in [0.2, 0.25) is 0 Å². The maximum absolute atomic E-state index is 13.6. The number of likely N-dealkylation sites (N-methyl/N-ethyl adjacent to an activating group) is 1. The van der Waals surface area contributed by atoms with Crippen LogP contribution in [0, 0.1) is 12.7 Å². The Morgan fingerprint density at radius 3 is 2.24 bits per heavy atom. The number of para-hydroxylation sites is 1. The first-order valence-electron chi connectivity index (χ1n) is 10.3. The molecule has 0 aliphatic carbocycles. The summed E-state index contributed by atoms with van der Waals surface area (Å²) in [6.45, 7) is 1.31. The molecule has 0 spiro atoms. The van der Waals surface area contributed by atoms with E-state index >= 15 is 0 Å². The summed E-state index contributed by atoms with van der Waals surface area (Å²) in [5.41, 5.74) is 2.47. The standard InChI is InChI=1S/C25H25FN4O3/c1-18-8-6-10-20(14-18)28-25(33)27-16-23(31)30(21-11-4-3-5-12-21)17-24(32)29(2)22-13-7-9-19(26)15-22/h3-15H,16-17H2,1-2H3,(H2,27,28,33). The molecule has 8 heteroatoms. The van der Waals surface area contributed by atoms with Crippen LogP contribution in [0.4, 0.5) is 26.2 Å². The van der Waals surface area contributed by atoms with Crippen LogP contribution in [-0.4, -0.2) is 38.0 Å². The minimum Gasteiger partial charge on any atom is -0.329 e. The van der Waals surface area contributed by atoms with Gasteiger partial charge < -0.3 is 20.4 Å². The summed E-state index contributed by atoms with van der Waals surface area (Å²) in [5.74, 6) is -1.35. The van der Waals surface area contributed by atoms with Crippen molar-refractivity contribution in [1.29, 1.82) is 0 Å². The van der Waals surface area contributed by atoms with Crippen LogP contribution in [0.25, 0.3) is 0 Å². The van der Waals surface area contributed by atoms with Crippen LogP contribution in [0.5, 0.6) is 0 Å². The Hall–Kier alpha value is -4.20. The lowest BCUT2D eigenvalue weighted by atomic mass is 10.2. The molecule has 0 aromatic heterocycles. The van der Waals surface area contributed by atoms with Gasteiger partial charge in [-0.05, 0) is 55.0 Å². The molecule has 7 nitrogen and oxygen atoms in total. The third kappa shape index (κ3) is 6.64. The Bertz CT molecular complexity index is 1140. The van der Waals surface area contributed by atoms with Crippen molar-refractivity contribution in [3.63, 3.8) is 0 Å². The lowest BCUT2D eigenvalue weighted by molar-refractivity contribution is -0.121. The maximum atomic E-state index is 13.6. The summed E-state index contributed by atoms with van der Waals surface area (Å²) in [4.78, 5) is 40.6. The molecule has 0 heterocycles. The zero-order chi connectivity index (χ0) is 23.8. The number of nitrogens with one attached hydrogen (secondary N) is 2. The summed E-state index contributed by atoms with van der Waals surface area (Å²) in [7, 11) is 1.51. The van der Waals surface area contributed by atoms with E-state index in [0.717, 1.165) is 5.56 Å². The number of nitrogens with zero attached hydrogens (tertiary/aromatic N) is 2. The van der Waals surface area contributed by atoms with E-state index in [1.807, 2.05) is 19.1 Å². The van der Waals surface area contributed by atoms with Crippen LogP contribution in [0.3, 0.4) is 0 Å². The SMILES string of the molecule is Cc1cccc(NC(=O)NCC(=O)N(CC(=O)N(C)c2cccc(F)c2)c2ccccc2)c1. The lowest BCUT2D eigenvalue weighted by Gasteiger charge is -2.26. The molecule has 2 N–H and O–H groups in total. The molecule has 3 rings (SSSR count). The van der Waals surface area contributed by atoms with Gasteiger partial charge in [-0.15, -0.1) is 0 Å². The van der Waals surface area contributed by atoms with Crippen molar-refractivity contribution in [2.75, 3.05) is 35.3 Å². The largest absolute Gasteiger partial charge is 0.329 e. The molecule has 0 atom stereocenters. The van der Waals surface area contributed by atoms with Gasteiger partial charge in [0, 0.05) is 24.1 Å². The van der Waals surface area contributed by atoms with Crippen molar-refractivity contribution in [1.82, 2.24) is 5.32 Å². The summed E-state index contributed by atoms with van der Waals surface area (Å²) < 4.78 is 13.6. The number of carbonyl (C=O) groups is 3. The highest BCUT2D eigenvalue weighted by Crippen LogP contribution is 2.17. The van der Waals surface area contributed by atoms with Gasteiger partial charge in [-0.1, -0.05) is 36.4 Å². The molecule has 0 saturated carbocycles. The van der Waals surface area contributed by atoms with E-state index in [4.69, 9.17) is 0 Å². The molecular formula is C25H25FN4O3. The van der Waals surface area contributed by atoms with Crippen molar-refractivity contribution < 1.29 is 18.8 Å². The third-order valence-electron chi connectivity index (χ3n) is 4.91. The van der Waals surface area contributed by atoms with Crippen LogP contribution >= 0.6 is 0 Å². The molecule has 0 bridgehead atoms. The van der Waals surface area contributed by atoms with Gasteiger partial charge in [-0.2, -0.15) is 0 Å². The molecule has 33 heavy (non-hydrogen) atoms. The predicted octanol–water partition coefficient (Wildman–Crippen LogP) is 3.95. The second-order valence-corrected chi connectivity index (χ2v) is 7.43. The van der Waals surface area contributed by atoms with E-state index in [2.05, 4.69) is 10.6 Å². The number of anilines is 3. The number of hydrogen-bond acceptors (Lipinski definition) is 3. The highest BCUT2D eigenvalue weighted by atomic mass is 19.1. The smallest absolute Gasteiger partial charge is 0.319 e. The van der Waals surface area contributed by atoms with Gasteiger partial charge in [0.1, 0.15) is 12.4 Å². The molecule has 0 aliphatic rings. The fourth-order valence-corrected chi connectivity index (χ4v) is 3.15. The first-order valence-corrected chi connectivity index (χ1v) is 10.3. The Kier molecular flexibility index (Phi) is 7.75. The highest BCUT2D eigenvalue weighted by Gasteiger charge is 2.22. The molecule has 0 aliphatic heterocycles. The van der Waals surface area contributed by atoms with E-state index in [1.54, 1.807) is 48.5 Å². The second-order valence-electron chi connectivity index (χ2n) is 7.43. The van der Waals surface area contributed by atoms with Gasteiger partial charge in [0.15, 0.2) is 0 Å². The fraction of sp³-hybridized carbons (Fsp3) is 0.160. The molecule has 0 fully saturated rings. The Balaban J connectivity index is 1.68. The van der Waals surface area contributed by atoms with Crippen molar-refractivity contribution in [3.05, 3.63) is 90.2 Å². The predicted molar refractivity (Wildman–Crippen MR) is 127 cm³/mol. The zero-order valence-electron chi connectivity index (χ0n) is 18.4. The summed E-state index contributed by atoms with van der Waals surface area (Å²) in [5, 5.41) is 5.20. The summed E-state index contributed by atoms with van der Waals surface area (Å²) in [6.07, 6.45) is 0. The number of hydrogen-bond donors (Lipinski definition) is 2. The van der Waals surface area contributed by atoms with Crippen LogP contribution < -0.4 is 20.4 Å². The summed E-state index contributed by atoms with van der Waals surface area (Å²) in [6, 6.07) is 21.0. The van der Waals surface area contributed by atoms with Crippen LogP contribution in [0.15, 0.2) is 78.9 Å². The monoisotopic (exact) mass is 448 g/mol. The average Bonchev–Trinajstić information content (AvgIpc) is 2.81. The summed E-state index contributed by atoms with van der Waals surface area (Å²) >= 11 is 0. The third-order valence-corrected chi connectivity index (χ3v) is 4.91. The van der Waals surface area contributed by atoms with Crippen LogP contribution in [-0.2, 0) is 9.59 Å². The van der Waals surface area contributed by atoms with Gasteiger partial charge in [0.25, 0.3) is 0 Å².